The van der Waals surface area contributed by atoms with Gasteiger partial charge in [0.15, 0.2) is 0 Å². The third-order valence-electron chi connectivity index (χ3n) is 4.55. The number of para-hydroxylation sites is 2. The number of nitrogens with zero attached hydrogens (tertiary/aromatic N) is 2. The van der Waals surface area contributed by atoms with E-state index in [1.165, 1.54) is 20.3 Å². The minimum atomic E-state index is -0.694. The number of aromatic nitrogens is 2. The topological polar surface area (TPSA) is 73.1 Å². The van der Waals surface area contributed by atoms with Gasteiger partial charge < -0.3 is 9.88 Å². The number of aryl methyl sites for hydroxylation is 2. The summed E-state index contributed by atoms with van der Waals surface area (Å²) in [7, 11) is 1.55. The maximum absolute atomic E-state index is 12.3. The predicted octanol–water partition coefficient (Wildman–Crippen LogP) is 1.37. The van der Waals surface area contributed by atoms with Gasteiger partial charge in [-0.25, -0.2) is 0 Å². The number of hydrogen-bond acceptors (Lipinski definition) is 3. The Bertz CT molecular complexity index is 1080. The van der Waals surface area contributed by atoms with Crippen molar-refractivity contribution in [2.45, 2.75) is 19.9 Å². The SMILES string of the molecule is Cc1ccccc1CCNC(=O)Cn1c(=O)c(=O)n(C)c2ccccc21. The van der Waals surface area contributed by atoms with Gasteiger partial charge in [0, 0.05) is 13.6 Å². The van der Waals surface area contributed by atoms with Crippen LogP contribution in [0.15, 0.2) is 58.1 Å². The molecule has 0 unspecified atom stereocenters. The molecule has 1 heterocycles. The van der Waals surface area contributed by atoms with E-state index in [2.05, 4.69) is 5.32 Å². The molecular weight excluding hydrogens is 330 g/mol. The molecule has 0 atom stereocenters. The maximum Gasteiger partial charge on any atom is 0.317 e. The summed E-state index contributed by atoms with van der Waals surface area (Å²) in [6.07, 6.45) is 0.713. The summed E-state index contributed by atoms with van der Waals surface area (Å²) in [5.41, 5.74) is 2.19. The van der Waals surface area contributed by atoms with Gasteiger partial charge in [-0.05, 0) is 36.6 Å². The Labute approximate surface area is 150 Å². The number of amides is 1. The van der Waals surface area contributed by atoms with E-state index in [0.29, 0.717) is 24.0 Å². The molecule has 1 N–H and O–H groups in total. The fraction of sp³-hybridized carbons (Fsp3) is 0.250. The molecule has 6 heteroatoms. The van der Waals surface area contributed by atoms with Gasteiger partial charge in [0.25, 0.3) is 0 Å². The van der Waals surface area contributed by atoms with Crippen molar-refractivity contribution < 1.29 is 4.79 Å². The van der Waals surface area contributed by atoms with Crippen LogP contribution in [0.1, 0.15) is 11.1 Å². The lowest BCUT2D eigenvalue weighted by Gasteiger charge is -2.13. The molecule has 0 saturated carbocycles. The van der Waals surface area contributed by atoms with Crippen LogP contribution in [0.3, 0.4) is 0 Å². The van der Waals surface area contributed by atoms with Gasteiger partial charge in [-0.1, -0.05) is 36.4 Å². The van der Waals surface area contributed by atoms with Gasteiger partial charge in [0.05, 0.1) is 11.0 Å². The summed E-state index contributed by atoms with van der Waals surface area (Å²) in [6.45, 7) is 2.33. The highest BCUT2D eigenvalue weighted by Crippen LogP contribution is 2.09. The molecule has 2 aromatic carbocycles. The van der Waals surface area contributed by atoms with Crippen molar-refractivity contribution in [2.24, 2.45) is 7.05 Å². The molecular formula is C20H21N3O3. The minimum Gasteiger partial charge on any atom is -0.354 e. The summed E-state index contributed by atoms with van der Waals surface area (Å²) >= 11 is 0. The molecule has 0 aliphatic rings. The van der Waals surface area contributed by atoms with Crippen LogP contribution in [-0.4, -0.2) is 21.6 Å². The van der Waals surface area contributed by atoms with Gasteiger partial charge >= 0.3 is 11.1 Å². The molecule has 0 spiro atoms. The molecule has 6 nitrogen and oxygen atoms in total. The smallest absolute Gasteiger partial charge is 0.317 e. The zero-order valence-corrected chi connectivity index (χ0v) is 14.9. The fourth-order valence-corrected chi connectivity index (χ4v) is 3.04. The number of rotatable bonds is 5. The average Bonchev–Trinajstić information content (AvgIpc) is 2.65. The lowest BCUT2D eigenvalue weighted by Crippen LogP contribution is -2.43. The first-order valence-corrected chi connectivity index (χ1v) is 8.49. The van der Waals surface area contributed by atoms with Crippen molar-refractivity contribution in [3.63, 3.8) is 0 Å². The molecule has 0 fully saturated rings. The van der Waals surface area contributed by atoms with Gasteiger partial charge in [-0.15, -0.1) is 0 Å². The van der Waals surface area contributed by atoms with Crippen LogP contribution in [0.5, 0.6) is 0 Å². The minimum absolute atomic E-state index is 0.177. The summed E-state index contributed by atoms with van der Waals surface area (Å²) in [5, 5.41) is 2.83. The molecule has 134 valence electrons. The molecule has 1 amide bonds. The van der Waals surface area contributed by atoms with E-state index in [4.69, 9.17) is 0 Å². The van der Waals surface area contributed by atoms with E-state index in [1.807, 2.05) is 31.2 Å². The second-order valence-corrected chi connectivity index (χ2v) is 6.27. The molecule has 0 radical (unpaired) electrons. The summed E-state index contributed by atoms with van der Waals surface area (Å²) in [4.78, 5) is 36.7. The maximum atomic E-state index is 12.3. The predicted molar refractivity (Wildman–Crippen MR) is 101 cm³/mol. The van der Waals surface area contributed by atoms with Crippen LogP contribution >= 0.6 is 0 Å². The van der Waals surface area contributed by atoms with Crippen LogP contribution in [-0.2, 0) is 24.8 Å². The number of carbonyl (C=O) groups is 1. The van der Waals surface area contributed by atoms with E-state index < -0.39 is 11.1 Å². The largest absolute Gasteiger partial charge is 0.354 e. The van der Waals surface area contributed by atoms with Gasteiger partial charge in [-0.3, -0.25) is 19.0 Å². The number of fused-ring (bicyclic) bond motifs is 1. The normalized spacial score (nSPS) is 10.8. The Balaban J connectivity index is 1.77. The fourth-order valence-electron chi connectivity index (χ4n) is 3.04. The van der Waals surface area contributed by atoms with Crippen LogP contribution in [0, 0.1) is 6.92 Å². The van der Waals surface area contributed by atoms with Crippen molar-refractivity contribution in [3.8, 4) is 0 Å². The Morgan fingerprint density at radius 1 is 0.962 bits per heavy atom. The Morgan fingerprint density at radius 2 is 1.62 bits per heavy atom. The first-order valence-electron chi connectivity index (χ1n) is 8.49. The lowest BCUT2D eigenvalue weighted by atomic mass is 10.1. The molecule has 0 saturated heterocycles. The van der Waals surface area contributed by atoms with Crippen LogP contribution < -0.4 is 16.4 Å². The Morgan fingerprint density at radius 3 is 2.35 bits per heavy atom. The van der Waals surface area contributed by atoms with E-state index in [1.54, 1.807) is 31.3 Å². The monoisotopic (exact) mass is 351 g/mol. The first-order chi connectivity index (χ1) is 12.5. The number of carbonyl (C=O) groups excluding carboxylic acids is 1. The zero-order valence-electron chi connectivity index (χ0n) is 14.9. The summed E-state index contributed by atoms with van der Waals surface area (Å²) in [6, 6.07) is 15.1. The van der Waals surface area contributed by atoms with Crippen molar-refractivity contribution in [3.05, 3.63) is 80.4 Å². The molecule has 26 heavy (non-hydrogen) atoms. The van der Waals surface area contributed by atoms with Crippen LogP contribution in [0.25, 0.3) is 11.0 Å². The van der Waals surface area contributed by atoms with Crippen molar-refractivity contribution in [2.75, 3.05) is 6.54 Å². The standard InChI is InChI=1S/C20H21N3O3/c1-14-7-3-4-8-15(14)11-12-21-18(24)13-23-17-10-6-5-9-16(17)22(2)19(25)20(23)26/h3-10H,11-13H2,1-2H3,(H,21,24). The summed E-state index contributed by atoms with van der Waals surface area (Å²) < 4.78 is 2.55. The highest BCUT2D eigenvalue weighted by Gasteiger charge is 2.13. The highest BCUT2D eigenvalue weighted by atomic mass is 16.2. The molecule has 0 aliphatic heterocycles. The quantitative estimate of drug-likeness (QED) is 0.706. The van der Waals surface area contributed by atoms with Gasteiger partial charge in [-0.2, -0.15) is 0 Å². The molecule has 3 aromatic rings. The van der Waals surface area contributed by atoms with Crippen molar-refractivity contribution >= 4 is 16.9 Å². The molecule has 3 rings (SSSR count). The van der Waals surface area contributed by atoms with E-state index in [-0.39, 0.29) is 12.5 Å². The van der Waals surface area contributed by atoms with E-state index in [0.717, 1.165) is 0 Å². The van der Waals surface area contributed by atoms with Gasteiger partial charge in [0.2, 0.25) is 5.91 Å². The Hall–Kier alpha value is -3.15. The second-order valence-electron chi connectivity index (χ2n) is 6.27. The van der Waals surface area contributed by atoms with Crippen LogP contribution in [0.2, 0.25) is 0 Å². The average molecular weight is 351 g/mol. The first kappa shape index (κ1) is 17.7. The van der Waals surface area contributed by atoms with E-state index >= 15 is 0 Å². The lowest BCUT2D eigenvalue weighted by molar-refractivity contribution is -0.121. The van der Waals surface area contributed by atoms with Crippen molar-refractivity contribution in [1.82, 2.24) is 14.5 Å². The van der Waals surface area contributed by atoms with Crippen LogP contribution in [0.4, 0.5) is 0 Å². The number of nitrogens with one attached hydrogen (secondary N) is 1. The number of hydrogen-bond donors (Lipinski definition) is 1. The molecule has 0 bridgehead atoms. The third kappa shape index (κ3) is 3.44. The molecule has 1 aromatic heterocycles. The number of benzene rings is 2. The van der Waals surface area contributed by atoms with Crippen molar-refractivity contribution in [1.29, 1.82) is 0 Å². The Kier molecular flexibility index (Phi) is 5.02. The third-order valence-corrected chi connectivity index (χ3v) is 4.55. The summed E-state index contributed by atoms with van der Waals surface area (Å²) in [5.74, 6) is -0.293. The zero-order chi connectivity index (χ0) is 18.7. The highest BCUT2D eigenvalue weighted by molar-refractivity contribution is 5.80. The second kappa shape index (κ2) is 7.39. The van der Waals surface area contributed by atoms with Gasteiger partial charge in [0.1, 0.15) is 6.54 Å². The van der Waals surface area contributed by atoms with E-state index in [9.17, 15) is 14.4 Å². The molecule has 0 aliphatic carbocycles.